The lowest BCUT2D eigenvalue weighted by molar-refractivity contribution is 0.199. The van der Waals surface area contributed by atoms with E-state index < -0.39 is 0 Å². The van der Waals surface area contributed by atoms with Gasteiger partial charge in [-0.1, -0.05) is 6.07 Å². The number of methoxy groups -OCH3 is 2. The first-order valence-electron chi connectivity index (χ1n) is 6.74. The highest BCUT2D eigenvalue weighted by atomic mass is 16.5. The van der Waals surface area contributed by atoms with E-state index in [9.17, 15) is 0 Å². The monoisotopic (exact) mass is 277 g/mol. The van der Waals surface area contributed by atoms with Crippen LogP contribution in [0.1, 0.15) is 18.4 Å². The van der Waals surface area contributed by atoms with E-state index in [1.807, 2.05) is 18.2 Å². The van der Waals surface area contributed by atoms with Crippen molar-refractivity contribution >= 4 is 0 Å². The first-order valence-corrected chi connectivity index (χ1v) is 6.74. The van der Waals surface area contributed by atoms with Crippen molar-refractivity contribution in [2.75, 3.05) is 34.0 Å². The van der Waals surface area contributed by atoms with Crippen molar-refractivity contribution in [3.05, 3.63) is 23.8 Å². The maximum atomic E-state index is 5.67. The van der Waals surface area contributed by atoms with Gasteiger partial charge in [-0.15, -0.1) is 12.3 Å². The molecule has 110 valence electrons. The number of ether oxygens (including phenoxy) is 3. The Morgan fingerprint density at radius 1 is 1.20 bits per heavy atom. The van der Waals surface area contributed by atoms with Gasteiger partial charge in [0, 0.05) is 26.6 Å². The quantitative estimate of drug-likeness (QED) is 0.526. The normalized spacial score (nSPS) is 10.1. The van der Waals surface area contributed by atoms with Crippen molar-refractivity contribution in [2.45, 2.75) is 19.4 Å². The Bertz CT molecular complexity index is 426. The van der Waals surface area contributed by atoms with Gasteiger partial charge in [0.15, 0.2) is 11.5 Å². The van der Waals surface area contributed by atoms with Crippen LogP contribution in [-0.4, -0.2) is 34.0 Å². The van der Waals surface area contributed by atoms with Crippen LogP contribution in [0.2, 0.25) is 0 Å². The molecule has 0 aliphatic carbocycles. The van der Waals surface area contributed by atoms with Crippen molar-refractivity contribution in [1.82, 2.24) is 5.32 Å². The summed E-state index contributed by atoms with van der Waals surface area (Å²) in [7, 11) is 3.34. The van der Waals surface area contributed by atoms with E-state index in [1.54, 1.807) is 14.2 Å². The Hall–Kier alpha value is -1.70. The van der Waals surface area contributed by atoms with Gasteiger partial charge >= 0.3 is 0 Å². The molecule has 0 amide bonds. The number of benzene rings is 1. The summed E-state index contributed by atoms with van der Waals surface area (Å²) >= 11 is 0. The van der Waals surface area contributed by atoms with Crippen LogP contribution in [0.4, 0.5) is 0 Å². The lowest BCUT2D eigenvalue weighted by atomic mass is 10.2. The summed E-state index contributed by atoms with van der Waals surface area (Å²) in [5.74, 6) is 4.10. The fourth-order valence-electron chi connectivity index (χ4n) is 1.70. The topological polar surface area (TPSA) is 39.7 Å². The molecule has 1 aromatic carbocycles. The lowest BCUT2D eigenvalue weighted by Crippen LogP contribution is -2.18. The second-order valence-corrected chi connectivity index (χ2v) is 4.31. The summed E-state index contributed by atoms with van der Waals surface area (Å²) in [6.45, 7) is 2.90. The number of hydrogen-bond acceptors (Lipinski definition) is 4. The van der Waals surface area contributed by atoms with Gasteiger partial charge in [0.05, 0.1) is 20.3 Å². The third-order valence-corrected chi connectivity index (χ3v) is 2.76. The molecular weight excluding hydrogens is 254 g/mol. The van der Waals surface area contributed by atoms with Gasteiger partial charge in [-0.05, 0) is 24.1 Å². The Kier molecular flexibility index (Phi) is 8.28. The summed E-state index contributed by atoms with van der Waals surface area (Å²) in [4.78, 5) is 0. The zero-order valence-corrected chi connectivity index (χ0v) is 12.3. The first kappa shape index (κ1) is 16.4. The van der Waals surface area contributed by atoms with E-state index in [4.69, 9.17) is 20.6 Å². The molecule has 0 saturated carbocycles. The zero-order chi connectivity index (χ0) is 14.6. The van der Waals surface area contributed by atoms with Gasteiger partial charge in [0.25, 0.3) is 0 Å². The first-order chi connectivity index (χ1) is 9.81. The molecule has 0 bridgehead atoms. The Morgan fingerprint density at radius 2 is 2.05 bits per heavy atom. The maximum Gasteiger partial charge on any atom is 0.161 e. The number of unbranched alkanes of at least 4 members (excludes halogenated alkanes) is 1. The van der Waals surface area contributed by atoms with Gasteiger partial charge < -0.3 is 19.5 Å². The summed E-state index contributed by atoms with van der Waals surface area (Å²) in [5, 5.41) is 3.29. The molecule has 0 radical (unpaired) electrons. The smallest absolute Gasteiger partial charge is 0.161 e. The second kappa shape index (κ2) is 10.1. The molecule has 0 heterocycles. The van der Waals surface area contributed by atoms with Crippen LogP contribution < -0.4 is 14.8 Å². The van der Waals surface area contributed by atoms with Gasteiger partial charge in [-0.25, -0.2) is 0 Å². The zero-order valence-electron chi connectivity index (χ0n) is 12.3. The van der Waals surface area contributed by atoms with Crippen molar-refractivity contribution < 1.29 is 14.2 Å². The van der Waals surface area contributed by atoms with E-state index in [-0.39, 0.29) is 0 Å². The predicted octanol–water partition coefficient (Wildman–Crippen LogP) is 2.22. The minimum atomic E-state index is 0.603. The summed E-state index contributed by atoms with van der Waals surface area (Å²) in [6.07, 6.45) is 6.78. The van der Waals surface area contributed by atoms with Crippen LogP contribution >= 0.6 is 0 Å². The third-order valence-electron chi connectivity index (χ3n) is 2.76. The van der Waals surface area contributed by atoms with Crippen LogP contribution in [-0.2, 0) is 11.3 Å². The highest BCUT2D eigenvalue weighted by Crippen LogP contribution is 2.28. The minimum Gasteiger partial charge on any atom is -0.493 e. The van der Waals surface area contributed by atoms with Crippen LogP contribution in [0.15, 0.2) is 18.2 Å². The minimum absolute atomic E-state index is 0.603. The van der Waals surface area contributed by atoms with E-state index in [0.717, 1.165) is 43.0 Å². The Morgan fingerprint density at radius 3 is 2.75 bits per heavy atom. The number of hydrogen-bond donors (Lipinski definition) is 1. The molecule has 4 nitrogen and oxygen atoms in total. The van der Waals surface area contributed by atoms with Crippen LogP contribution in [0.5, 0.6) is 11.5 Å². The van der Waals surface area contributed by atoms with E-state index in [2.05, 4.69) is 11.2 Å². The molecule has 0 spiro atoms. The van der Waals surface area contributed by atoms with Crippen LogP contribution in [0.25, 0.3) is 0 Å². The summed E-state index contributed by atoms with van der Waals surface area (Å²) < 4.78 is 16.0. The Balaban J connectivity index is 2.49. The molecule has 0 aromatic heterocycles. The lowest BCUT2D eigenvalue weighted by Gasteiger charge is -2.12. The number of nitrogens with one attached hydrogen (secondary N) is 1. The molecular formula is C16H23NO3. The average molecular weight is 277 g/mol. The van der Waals surface area contributed by atoms with E-state index in [0.29, 0.717) is 13.2 Å². The van der Waals surface area contributed by atoms with Crippen molar-refractivity contribution in [2.24, 2.45) is 0 Å². The van der Waals surface area contributed by atoms with Gasteiger partial charge in [0.1, 0.15) is 0 Å². The molecule has 1 rings (SSSR count). The molecule has 0 aliphatic rings. The molecule has 0 fully saturated rings. The summed E-state index contributed by atoms with van der Waals surface area (Å²) in [6, 6.07) is 5.94. The van der Waals surface area contributed by atoms with Crippen LogP contribution in [0, 0.1) is 12.3 Å². The molecule has 0 unspecified atom stereocenters. The van der Waals surface area contributed by atoms with Crippen LogP contribution in [0.3, 0.4) is 0 Å². The molecule has 0 saturated heterocycles. The maximum absolute atomic E-state index is 5.67. The molecule has 1 N–H and O–H groups in total. The standard InChI is InChI=1S/C16H23NO3/c1-4-5-6-10-20-15-8-7-14(12-16(15)19-3)13-17-9-11-18-2/h1,7-8,12,17H,5-6,9-11,13H2,2-3H3. The Labute approximate surface area is 121 Å². The highest BCUT2D eigenvalue weighted by Gasteiger charge is 2.05. The van der Waals surface area contributed by atoms with E-state index >= 15 is 0 Å². The van der Waals surface area contributed by atoms with Gasteiger partial charge in [0.2, 0.25) is 0 Å². The molecule has 4 heteroatoms. The molecule has 20 heavy (non-hydrogen) atoms. The van der Waals surface area contributed by atoms with Gasteiger partial charge in [-0.3, -0.25) is 0 Å². The fourth-order valence-corrected chi connectivity index (χ4v) is 1.70. The van der Waals surface area contributed by atoms with Gasteiger partial charge in [-0.2, -0.15) is 0 Å². The summed E-state index contributed by atoms with van der Waals surface area (Å²) in [5.41, 5.74) is 1.15. The van der Waals surface area contributed by atoms with E-state index in [1.165, 1.54) is 0 Å². The highest BCUT2D eigenvalue weighted by molar-refractivity contribution is 5.42. The third kappa shape index (κ3) is 5.96. The molecule has 0 atom stereocenters. The molecule has 0 aliphatic heterocycles. The second-order valence-electron chi connectivity index (χ2n) is 4.31. The molecule has 1 aromatic rings. The largest absolute Gasteiger partial charge is 0.493 e. The number of rotatable bonds is 10. The number of terminal acetylenes is 1. The van der Waals surface area contributed by atoms with Crippen molar-refractivity contribution in [3.8, 4) is 23.8 Å². The fraction of sp³-hybridized carbons (Fsp3) is 0.500. The van der Waals surface area contributed by atoms with Crippen molar-refractivity contribution in [3.63, 3.8) is 0 Å². The average Bonchev–Trinajstić information content (AvgIpc) is 2.49. The SMILES string of the molecule is C#CCCCOc1ccc(CNCCOC)cc1OC. The van der Waals surface area contributed by atoms with Crippen molar-refractivity contribution in [1.29, 1.82) is 0 Å². The predicted molar refractivity (Wildman–Crippen MR) is 80.1 cm³/mol.